The quantitative estimate of drug-likeness (QED) is 0.642. The molecule has 1 saturated carbocycles. The minimum Gasteiger partial charge on any atom is -0.452 e. The summed E-state index contributed by atoms with van der Waals surface area (Å²) in [6, 6.07) is 6.78. The Balaban J connectivity index is 1.77. The number of rotatable bonds is 8. The van der Waals surface area contributed by atoms with Gasteiger partial charge in [0.05, 0.1) is 5.92 Å². The molecule has 1 aliphatic carbocycles. The Morgan fingerprint density at radius 1 is 1.04 bits per heavy atom. The van der Waals surface area contributed by atoms with Gasteiger partial charge in [0.15, 0.2) is 6.10 Å². The van der Waals surface area contributed by atoms with Gasteiger partial charge in [-0.05, 0) is 62.8 Å². The molecule has 0 bridgehead atoms. The van der Waals surface area contributed by atoms with Crippen molar-refractivity contribution < 1.29 is 19.1 Å². The van der Waals surface area contributed by atoms with Crippen molar-refractivity contribution >= 4 is 29.2 Å². The third kappa shape index (κ3) is 6.98. The Kier molecular flexibility index (Phi) is 8.48. The normalized spacial score (nSPS) is 20.1. The summed E-state index contributed by atoms with van der Waals surface area (Å²) in [5.41, 5.74) is 1.23. The summed E-state index contributed by atoms with van der Waals surface area (Å²) in [5.74, 6) is -0.151. The van der Waals surface area contributed by atoms with Gasteiger partial charge in [0.2, 0.25) is 5.91 Å². The van der Waals surface area contributed by atoms with Gasteiger partial charge in [-0.1, -0.05) is 26.2 Å². The molecule has 28 heavy (non-hydrogen) atoms. The Bertz CT molecular complexity index is 664. The summed E-state index contributed by atoms with van der Waals surface area (Å²) in [6.07, 6.45) is 6.71. The highest BCUT2D eigenvalue weighted by Crippen LogP contribution is 2.32. The minimum absolute atomic E-state index is 0.0925. The number of benzene rings is 1. The number of carbonyl (C=O) groups excluding carboxylic acids is 3. The van der Waals surface area contributed by atoms with Gasteiger partial charge in [0.25, 0.3) is 5.91 Å². The zero-order valence-electron chi connectivity index (χ0n) is 17.1. The molecule has 2 N–H and O–H groups in total. The van der Waals surface area contributed by atoms with Gasteiger partial charge in [0.1, 0.15) is 0 Å². The molecular weight excluding hydrogens is 356 g/mol. The highest BCUT2D eigenvalue weighted by Gasteiger charge is 2.29. The molecule has 0 aromatic heterocycles. The highest BCUT2D eigenvalue weighted by molar-refractivity contribution is 5.95. The SMILES string of the molecule is CCCCC1CCC(C(=O)O[C@@H](C)C(=O)Nc2ccc(NC(C)=O)cc2)CC1. The summed E-state index contributed by atoms with van der Waals surface area (Å²) in [4.78, 5) is 35.7. The summed E-state index contributed by atoms with van der Waals surface area (Å²) >= 11 is 0. The van der Waals surface area contributed by atoms with Crippen LogP contribution in [0.1, 0.15) is 65.7 Å². The molecule has 0 radical (unpaired) electrons. The van der Waals surface area contributed by atoms with E-state index in [0.29, 0.717) is 11.4 Å². The van der Waals surface area contributed by atoms with E-state index < -0.39 is 6.10 Å². The standard InChI is InChI=1S/C22H32N2O4/c1-4-5-6-17-7-9-18(10-8-17)22(27)28-15(2)21(26)24-20-13-11-19(12-14-20)23-16(3)25/h11-15,17-18H,4-10H2,1-3H3,(H,23,25)(H,24,26)/t15-,17?,18?/m0/s1. The van der Waals surface area contributed by atoms with Crippen LogP contribution in [0.4, 0.5) is 11.4 Å². The molecule has 1 aliphatic rings. The number of amides is 2. The van der Waals surface area contributed by atoms with Crippen molar-refractivity contribution in [3.8, 4) is 0 Å². The van der Waals surface area contributed by atoms with E-state index in [1.165, 1.54) is 26.2 Å². The average molecular weight is 389 g/mol. The van der Waals surface area contributed by atoms with E-state index in [-0.39, 0.29) is 23.7 Å². The molecule has 0 unspecified atom stereocenters. The molecule has 1 atom stereocenters. The Morgan fingerprint density at radius 3 is 2.14 bits per heavy atom. The van der Waals surface area contributed by atoms with Crippen LogP contribution in [0, 0.1) is 11.8 Å². The lowest BCUT2D eigenvalue weighted by molar-refractivity contribution is -0.158. The number of nitrogens with one attached hydrogen (secondary N) is 2. The first-order chi connectivity index (χ1) is 13.4. The molecule has 0 saturated heterocycles. The summed E-state index contributed by atoms with van der Waals surface area (Å²) < 4.78 is 5.41. The number of carbonyl (C=O) groups is 3. The van der Waals surface area contributed by atoms with Crippen LogP contribution in [-0.4, -0.2) is 23.9 Å². The second kappa shape index (κ2) is 10.8. The number of hydrogen-bond acceptors (Lipinski definition) is 4. The molecule has 0 aliphatic heterocycles. The first-order valence-corrected chi connectivity index (χ1v) is 10.3. The molecular formula is C22H32N2O4. The zero-order chi connectivity index (χ0) is 20.5. The van der Waals surface area contributed by atoms with Crippen LogP contribution >= 0.6 is 0 Å². The summed E-state index contributed by atoms with van der Waals surface area (Å²) in [5, 5.41) is 5.40. The van der Waals surface area contributed by atoms with Gasteiger partial charge >= 0.3 is 5.97 Å². The second-order valence-corrected chi connectivity index (χ2v) is 7.69. The van der Waals surface area contributed by atoms with Gasteiger partial charge in [-0.15, -0.1) is 0 Å². The third-order valence-corrected chi connectivity index (χ3v) is 5.28. The molecule has 2 amide bonds. The van der Waals surface area contributed by atoms with Gasteiger partial charge < -0.3 is 15.4 Å². The van der Waals surface area contributed by atoms with E-state index in [4.69, 9.17) is 4.74 Å². The monoisotopic (exact) mass is 388 g/mol. The molecule has 6 heteroatoms. The predicted octanol–water partition coefficient (Wildman–Crippen LogP) is 4.51. The molecule has 0 spiro atoms. The fourth-order valence-electron chi connectivity index (χ4n) is 3.59. The van der Waals surface area contributed by atoms with Gasteiger partial charge in [0, 0.05) is 18.3 Å². The van der Waals surface area contributed by atoms with Crippen LogP contribution in [0.5, 0.6) is 0 Å². The van der Waals surface area contributed by atoms with Gasteiger partial charge in [-0.25, -0.2) is 0 Å². The lowest BCUT2D eigenvalue weighted by Crippen LogP contribution is -2.33. The Hall–Kier alpha value is -2.37. The van der Waals surface area contributed by atoms with Crippen LogP contribution in [0.15, 0.2) is 24.3 Å². The van der Waals surface area contributed by atoms with Gasteiger partial charge in [-0.3, -0.25) is 14.4 Å². The van der Waals surface area contributed by atoms with Crippen LogP contribution in [-0.2, 0) is 19.1 Å². The van der Waals surface area contributed by atoms with E-state index >= 15 is 0 Å². The number of anilines is 2. The first-order valence-electron chi connectivity index (χ1n) is 10.3. The number of hydrogen-bond donors (Lipinski definition) is 2. The highest BCUT2D eigenvalue weighted by atomic mass is 16.5. The fraction of sp³-hybridized carbons (Fsp3) is 0.591. The average Bonchev–Trinajstić information content (AvgIpc) is 2.67. The van der Waals surface area contributed by atoms with E-state index in [1.807, 2.05) is 0 Å². The number of unbranched alkanes of at least 4 members (excludes halogenated alkanes) is 1. The molecule has 1 aromatic rings. The number of ether oxygens (including phenoxy) is 1. The molecule has 154 valence electrons. The number of esters is 1. The molecule has 2 rings (SSSR count). The maximum absolute atomic E-state index is 12.4. The second-order valence-electron chi connectivity index (χ2n) is 7.69. The molecule has 0 heterocycles. The van der Waals surface area contributed by atoms with Crippen molar-refractivity contribution in [2.24, 2.45) is 11.8 Å². The topological polar surface area (TPSA) is 84.5 Å². The van der Waals surface area contributed by atoms with Crippen LogP contribution < -0.4 is 10.6 Å². The summed E-state index contributed by atoms with van der Waals surface area (Å²) in [6.45, 7) is 5.22. The smallest absolute Gasteiger partial charge is 0.309 e. The van der Waals surface area contributed by atoms with E-state index in [2.05, 4.69) is 17.6 Å². The van der Waals surface area contributed by atoms with E-state index in [0.717, 1.165) is 31.6 Å². The van der Waals surface area contributed by atoms with E-state index in [1.54, 1.807) is 31.2 Å². The van der Waals surface area contributed by atoms with Crippen molar-refractivity contribution in [2.75, 3.05) is 10.6 Å². The minimum atomic E-state index is -0.847. The lowest BCUT2D eigenvalue weighted by atomic mass is 9.80. The lowest BCUT2D eigenvalue weighted by Gasteiger charge is -2.28. The van der Waals surface area contributed by atoms with Crippen LogP contribution in [0.2, 0.25) is 0 Å². The first kappa shape index (κ1) is 21.9. The van der Waals surface area contributed by atoms with Gasteiger partial charge in [-0.2, -0.15) is 0 Å². The van der Waals surface area contributed by atoms with Crippen molar-refractivity contribution in [1.82, 2.24) is 0 Å². The van der Waals surface area contributed by atoms with Crippen molar-refractivity contribution in [1.29, 1.82) is 0 Å². The third-order valence-electron chi connectivity index (χ3n) is 5.28. The van der Waals surface area contributed by atoms with Crippen molar-refractivity contribution in [2.45, 2.75) is 71.8 Å². The van der Waals surface area contributed by atoms with Crippen LogP contribution in [0.25, 0.3) is 0 Å². The largest absolute Gasteiger partial charge is 0.452 e. The van der Waals surface area contributed by atoms with Crippen molar-refractivity contribution in [3.63, 3.8) is 0 Å². The predicted molar refractivity (Wildman–Crippen MR) is 110 cm³/mol. The van der Waals surface area contributed by atoms with Crippen molar-refractivity contribution in [3.05, 3.63) is 24.3 Å². The Labute approximate surface area is 167 Å². The Morgan fingerprint density at radius 2 is 1.61 bits per heavy atom. The summed E-state index contributed by atoms with van der Waals surface area (Å²) in [7, 11) is 0. The van der Waals surface area contributed by atoms with E-state index in [9.17, 15) is 14.4 Å². The molecule has 6 nitrogen and oxygen atoms in total. The molecule has 1 aromatic carbocycles. The van der Waals surface area contributed by atoms with Crippen LogP contribution in [0.3, 0.4) is 0 Å². The molecule has 1 fully saturated rings. The maximum atomic E-state index is 12.4. The maximum Gasteiger partial charge on any atom is 0.309 e. The zero-order valence-corrected chi connectivity index (χ0v) is 17.1. The fourth-order valence-corrected chi connectivity index (χ4v) is 3.59.